The van der Waals surface area contributed by atoms with Gasteiger partial charge in [-0.1, -0.05) is 0 Å². The predicted octanol–water partition coefficient (Wildman–Crippen LogP) is 1.97. The van der Waals surface area contributed by atoms with E-state index in [1.54, 1.807) is 0 Å². The minimum absolute atomic E-state index is 0.177. The van der Waals surface area contributed by atoms with Crippen LogP contribution in [-0.4, -0.2) is 30.3 Å². The van der Waals surface area contributed by atoms with Crippen molar-refractivity contribution in [2.45, 2.75) is 37.7 Å². The molecule has 1 atom stereocenters. The van der Waals surface area contributed by atoms with Crippen LogP contribution < -0.4 is 11.1 Å². The lowest BCUT2D eigenvalue weighted by Gasteiger charge is -2.32. The highest BCUT2D eigenvalue weighted by Crippen LogP contribution is 2.42. The lowest BCUT2D eigenvalue weighted by Crippen LogP contribution is -2.58. The lowest BCUT2D eigenvalue weighted by atomic mass is 9.94. The van der Waals surface area contributed by atoms with Crippen molar-refractivity contribution in [3.8, 4) is 0 Å². The molecule has 9 heteroatoms. The highest BCUT2D eigenvalue weighted by molar-refractivity contribution is 5.81. The zero-order chi connectivity index (χ0) is 15.1. The highest BCUT2D eigenvalue weighted by Gasteiger charge is 2.62. The zero-order valence-electron chi connectivity index (χ0n) is 10.0. The summed E-state index contributed by atoms with van der Waals surface area (Å²) in [6, 6.07) is 0. The maximum Gasteiger partial charge on any atom is 0.409 e. The number of hydrogen-bond acceptors (Lipinski definition) is 2. The van der Waals surface area contributed by atoms with Gasteiger partial charge in [0.2, 0.25) is 11.8 Å². The van der Waals surface area contributed by atoms with Crippen LogP contribution in [0.1, 0.15) is 19.8 Å². The summed E-state index contributed by atoms with van der Waals surface area (Å²) in [6.45, 7) is 1.14. The molecular formula is C10H14F6N2O. The van der Waals surface area contributed by atoms with Crippen LogP contribution in [0, 0.1) is 11.8 Å². The van der Waals surface area contributed by atoms with Gasteiger partial charge in [0.05, 0.1) is 5.54 Å². The quantitative estimate of drug-likeness (QED) is 0.778. The summed E-state index contributed by atoms with van der Waals surface area (Å²) in [7, 11) is 0. The largest absolute Gasteiger partial charge is 0.409 e. The molecule has 0 spiro atoms. The number of amides is 1. The molecule has 1 fully saturated rings. The molecule has 0 aliphatic heterocycles. The molecule has 0 bridgehead atoms. The number of carbonyl (C=O) groups is 1. The van der Waals surface area contributed by atoms with Crippen molar-refractivity contribution >= 4 is 5.91 Å². The molecule has 0 aromatic heterocycles. The van der Waals surface area contributed by atoms with Crippen LogP contribution in [0.5, 0.6) is 0 Å². The summed E-state index contributed by atoms with van der Waals surface area (Å²) in [5, 5.41) is 1.81. The number of halogens is 6. The summed E-state index contributed by atoms with van der Waals surface area (Å²) in [6.07, 6.45) is -10.1. The Bertz CT molecular complexity index is 335. The van der Waals surface area contributed by atoms with Gasteiger partial charge in [0, 0.05) is 6.54 Å². The fourth-order valence-corrected chi connectivity index (χ4v) is 1.88. The molecule has 1 amide bonds. The van der Waals surface area contributed by atoms with E-state index in [9.17, 15) is 31.1 Å². The topological polar surface area (TPSA) is 55.1 Å². The van der Waals surface area contributed by atoms with Crippen molar-refractivity contribution in [2.75, 3.05) is 6.54 Å². The third-order valence-electron chi connectivity index (χ3n) is 3.23. The van der Waals surface area contributed by atoms with Gasteiger partial charge in [-0.15, -0.1) is 0 Å². The Kier molecular flexibility index (Phi) is 4.09. The fourth-order valence-electron chi connectivity index (χ4n) is 1.88. The normalized spacial score (nSPS) is 20.3. The van der Waals surface area contributed by atoms with Gasteiger partial charge in [0.1, 0.15) is 0 Å². The first-order valence-electron chi connectivity index (χ1n) is 5.57. The van der Waals surface area contributed by atoms with Crippen LogP contribution >= 0.6 is 0 Å². The van der Waals surface area contributed by atoms with Crippen LogP contribution in [-0.2, 0) is 4.79 Å². The second-order valence-corrected chi connectivity index (χ2v) is 4.90. The van der Waals surface area contributed by atoms with E-state index in [4.69, 9.17) is 5.73 Å². The molecule has 3 N–H and O–H groups in total. The van der Waals surface area contributed by atoms with Gasteiger partial charge in [0.15, 0.2) is 0 Å². The molecule has 19 heavy (non-hydrogen) atoms. The Morgan fingerprint density at radius 2 is 1.63 bits per heavy atom. The summed E-state index contributed by atoms with van der Waals surface area (Å²) >= 11 is 0. The van der Waals surface area contributed by atoms with Crippen molar-refractivity contribution in [3.63, 3.8) is 0 Å². The maximum absolute atomic E-state index is 12.4. The Balaban J connectivity index is 2.89. The predicted molar refractivity (Wildman–Crippen MR) is 53.9 cm³/mol. The van der Waals surface area contributed by atoms with E-state index >= 15 is 0 Å². The van der Waals surface area contributed by atoms with E-state index < -0.39 is 29.7 Å². The van der Waals surface area contributed by atoms with E-state index in [-0.39, 0.29) is 12.5 Å². The second kappa shape index (κ2) is 4.84. The van der Waals surface area contributed by atoms with Crippen LogP contribution in [0.3, 0.4) is 0 Å². The molecule has 0 saturated heterocycles. The summed E-state index contributed by atoms with van der Waals surface area (Å²) < 4.78 is 74.1. The van der Waals surface area contributed by atoms with Crippen molar-refractivity contribution in [2.24, 2.45) is 17.6 Å². The van der Waals surface area contributed by atoms with Crippen LogP contribution in [0.25, 0.3) is 0 Å². The molecule has 0 heterocycles. The Morgan fingerprint density at radius 1 is 1.21 bits per heavy atom. The van der Waals surface area contributed by atoms with Crippen molar-refractivity contribution in [3.05, 3.63) is 0 Å². The minimum Gasteiger partial charge on any atom is -0.349 e. The molecule has 1 rings (SSSR count). The van der Waals surface area contributed by atoms with Gasteiger partial charge in [-0.25, -0.2) is 0 Å². The van der Waals surface area contributed by atoms with Crippen LogP contribution in [0.4, 0.5) is 26.3 Å². The first-order chi connectivity index (χ1) is 8.42. The third kappa shape index (κ3) is 3.74. The minimum atomic E-state index is -5.68. The number of carbonyl (C=O) groups excluding carboxylic acids is 1. The Labute approximate surface area is 105 Å². The van der Waals surface area contributed by atoms with Crippen molar-refractivity contribution in [1.82, 2.24) is 5.32 Å². The van der Waals surface area contributed by atoms with Gasteiger partial charge in [-0.05, 0) is 25.7 Å². The molecule has 0 radical (unpaired) electrons. The number of nitrogens with two attached hydrogens (primary N) is 1. The Hall–Kier alpha value is -0.990. The number of hydrogen-bond donors (Lipinski definition) is 2. The van der Waals surface area contributed by atoms with Gasteiger partial charge < -0.3 is 11.1 Å². The fraction of sp³-hybridized carbons (Fsp3) is 0.900. The molecule has 1 saturated carbocycles. The highest BCUT2D eigenvalue weighted by atomic mass is 19.4. The SMILES string of the molecule is CC(CN)(NC(=O)C(C(F)(F)F)C(F)(F)F)C1CC1. The first-order valence-corrected chi connectivity index (χ1v) is 5.57. The third-order valence-corrected chi connectivity index (χ3v) is 3.23. The van der Waals surface area contributed by atoms with E-state index in [1.165, 1.54) is 6.92 Å². The van der Waals surface area contributed by atoms with Gasteiger partial charge in [-0.2, -0.15) is 26.3 Å². The van der Waals surface area contributed by atoms with Crippen LogP contribution in [0.2, 0.25) is 0 Å². The molecule has 1 unspecified atom stereocenters. The lowest BCUT2D eigenvalue weighted by molar-refractivity contribution is -0.274. The molecule has 3 nitrogen and oxygen atoms in total. The van der Waals surface area contributed by atoms with E-state index in [0.717, 1.165) is 0 Å². The average Bonchev–Trinajstić information content (AvgIpc) is 2.94. The number of alkyl halides is 6. The summed E-state index contributed by atoms with van der Waals surface area (Å²) in [5.41, 5.74) is 4.11. The van der Waals surface area contributed by atoms with Gasteiger partial charge in [-0.3, -0.25) is 4.79 Å². The zero-order valence-corrected chi connectivity index (χ0v) is 10.0. The van der Waals surface area contributed by atoms with E-state index in [0.29, 0.717) is 12.8 Å². The smallest absolute Gasteiger partial charge is 0.349 e. The van der Waals surface area contributed by atoms with Gasteiger partial charge in [0.25, 0.3) is 0 Å². The van der Waals surface area contributed by atoms with E-state index in [1.807, 2.05) is 5.32 Å². The average molecular weight is 292 g/mol. The second-order valence-electron chi connectivity index (χ2n) is 4.90. The molecule has 112 valence electrons. The molecule has 1 aliphatic rings. The van der Waals surface area contributed by atoms with E-state index in [2.05, 4.69) is 0 Å². The number of nitrogens with one attached hydrogen (secondary N) is 1. The molecule has 0 aromatic carbocycles. The monoisotopic (exact) mass is 292 g/mol. The molecular weight excluding hydrogens is 278 g/mol. The number of rotatable bonds is 4. The van der Waals surface area contributed by atoms with Crippen molar-refractivity contribution < 1.29 is 31.1 Å². The molecule has 0 aromatic rings. The molecule has 1 aliphatic carbocycles. The maximum atomic E-state index is 12.4. The van der Waals surface area contributed by atoms with Crippen LogP contribution in [0.15, 0.2) is 0 Å². The standard InChI is InChI=1S/C10H14F6N2O/c1-8(4-17,5-2-3-5)18-7(19)6(9(11,12)13)10(14,15)16/h5-6H,2-4,17H2,1H3,(H,18,19). The first kappa shape index (κ1) is 16.1. The Morgan fingerprint density at radius 3 is 1.89 bits per heavy atom. The summed E-state index contributed by atoms with van der Waals surface area (Å²) in [4.78, 5) is 11.3. The van der Waals surface area contributed by atoms with Gasteiger partial charge >= 0.3 is 12.4 Å². The van der Waals surface area contributed by atoms with Crippen molar-refractivity contribution in [1.29, 1.82) is 0 Å². The summed E-state index contributed by atoms with van der Waals surface area (Å²) in [5.74, 6) is -6.30.